The van der Waals surface area contributed by atoms with Crippen molar-refractivity contribution < 1.29 is 19.1 Å². The van der Waals surface area contributed by atoms with Gasteiger partial charge in [-0.05, 0) is 12.8 Å². The maximum atomic E-state index is 11.3. The number of methoxy groups -OCH3 is 2. The number of esters is 2. The second-order valence-corrected chi connectivity index (χ2v) is 2.82. The molecule has 0 fully saturated rings. The molecule has 4 nitrogen and oxygen atoms in total. The van der Waals surface area contributed by atoms with Gasteiger partial charge < -0.3 is 9.47 Å². The quantitative estimate of drug-likeness (QED) is 0.488. The summed E-state index contributed by atoms with van der Waals surface area (Å²) in [5, 5.41) is 0. The zero-order valence-corrected chi connectivity index (χ0v) is 8.20. The minimum absolute atomic E-state index is 0.391. The molecule has 0 heterocycles. The smallest absolute Gasteiger partial charge is 0.334 e. The highest BCUT2D eigenvalue weighted by atomic mass is 16.5. The lowest BCUT2D eigenvalue weighted by molar-refractivity contribution is -0.139. The molecule has 0 atom stereocenters. The van der Waals surface area contributed by atoms with Gasteiger partial charge in [0.05, 0.1) is 25.4 Å². The first kappa shape index (κ1) is 10.5. The SMILES string of the molecule is COC(=O)C1=C(C(=O)OC)CC=CC1. The number of rotatable bonds is 2. The Kier molecular flexibility index (Phi) is 3.45. The molecule has 1 aliphatic rings. The summed E-state index contributed by atoms with van der Waals surface area (Å²) in [6.45, 7) is 0. The van der Waals surface area contributed by atoms with Gasteiger partial charge in [-0.25, -0.2) is 9.59 Å². The molecule has 0 aromatic heterocycles. The van der Waals surface area contributed by atoms with Crippen LogP contribution >= 0.6 is 0 Å². The highest BCUT2D eigenvalue weighted by Crippen LogP contribution is 2.21. The summed E-state index contributed by atoms with van der Waals surface area (Å²) >= 11 is 0. The lowest BCUT2D eigenvalue weighted by Crippen LogP contribution is -2.15. The third-order valence-electron chi connectivity index (χ3n) is 2.04. The van der Waals surface area contributed by atoms with Crippen LogP contribution in [0.4, 0.5) is 0 Å². The maximum Gasteiger partial charge on any atom is 0.334 e. The van der Waals surface area contributed by atoms with Gasteiger partial charge in [0.2, 0.25) is 0 Å². The molecule has 0 saturated carbocycles. The maximum absolute atomic E-state index is 11.3. The molecule has 0 bridgehead atoms. The normalized spacial score (nSPS) is 15.3. The van der Waals surface area contributed by atoms with Crippen LogP contribution in [0.25, 0.3) is 0 Å². The van der Waals surface area contributed by atoms with E-state index in [0.29, 0.717) is 24.0 Å². The van der Waals surface area contributed by atoms with Crippen LogP contribution in [0, 0.1) is 0 Å². The highest BCUT2D eigenvalue weighted by molar-refractivity contribution is 6.01. The summed E-state index contributed by atoms with van der Waals surface area (Å²) in [6, 6.07) is 0. The number of carbonyl (C=O) groups is 2. The molecule has 4 heteroatoms. The van der Waals surface area contributed by atoms with E-state index >= 15 is 0 Å². The molecule has 1 rings (SSSR count). The van der Waals surface area contributed by atoms with E-state index in [0.717, 1.165) is 0 Å². The Balaban J connectivity index is 2.97. The van der Waals surface area contributed by atoms with E-state index < -0.39 is 11.9 Å². The van der Waals surface area contributed by atoms with Gasteiger partial charge in [0, 0.05) is 0 Å². The monoisotopic (exact) mass is 196 g/mol. The third kappa shape index (κ3) is 2.02. The molecular formula is C10H12O4. The molecule has 76 valence electrons. The van der Waals surface area contributed by atoms with Crippen molar-refractivity contribution in [1.82, 2.24) is 0 Å². The zero-order valence-electron chi connectivity index (χ0n) is 8.20. The fourth-order valence-corrected chi connectivity index (χ4v) is 1.31. The highest BCUT2D eigenvalue weighted by Gasteiger charge is 2.22. The van der Waals surface area contributed by atoms with E-state index in [2.05, 4.69) is 9.47 Å². The Morgan fingerprint density at radius 2 is 1.36 bits per heavy atom. The van der Waals surface area contributed by atoms with Gasteiger partial charge in [-0.15, -0.1) is 0 Å². The van der Waals surface area contributed by atoms with Crippen molar-refractivity contribution in [1.29, 1.82) is 0 Å². The van der Waals surface area contributed by atoms with Crippen molar-refractivity contribution in [2.75, 3.05) is 14.2 Å². The van der Waals surface area contributed by atoms with Crippen LogP contribution < -0.4 is 0 Å². The lowest BCUT2D eigenvalue weighted by Gasteiger charge is -2.12. The van der Waals surface area contributed by atoms with Crippen molar-refractivity contribution >= 4 is 11.9 Å². The second kappa shape index (κ2) is 4.60. The Morgan fingerprint density at radius 1 is 1.00 bits per heavy atom. The van der Waals surface area contributed by atoms with Crippen LogP contribution in [0.1, 0.15) is 12.8 Å². The summed E-state index contributed by atoms with van der Waals surface area (Å²) in [4.78, 5) is 22.6. The molecule has 0 unspecified atom stereocenters. The molecule has 0 radical (unpaired) electrons. The van der Waals surface area contributed by atoms with E-state index in [1.54, 1.807) is 0 Å². The summed E-state index contributed by atoms with van der Waals surface area (Å²) in [5.41, 5.74) is 0.781. The Labute approximate surface area is 82.2 Å². The third-order valence-corrected chi connectivity index (χ3v) is 2.04. The molecule has 0 amide bonds. The predicted octanol–water partition coefficient (Wildman–Crippen LogP) is 0.979. The van der Waals surface area contributed by atoms with Gasteiger partial charge >= 0.3 is 11.9 Å². The average molecular weight is 196 g/mol. The second-order valence-electron chi connectivity index (χ2n) is 2.82. The van der Waals surface area contributed by atoms with Crippen LogP contribution in [0.5, 0.6) is 0 Å². The van der Waals surface area contributed by atoms with Crippen LogP contribution in [0.2, 0.25) is 0 Å². The molecular weight excluding hydrogens is 184 g/mol. The minimum Gasteiger partial charge on any atom is -0.466 e. The molecule has 1 aliphatic carbocycles. The van der Waals surface area contributed by atoms with Crippen molar-refractivity contribution in [2.45, 2.75) is 12.8 Å². The Morgan fingerprint density at radius 3 is 1.64 bits per heavy atom. The molecule has 0 aliphatic heterocycles. The van der Waals surface area contributed by atoms with Gasteiger partial charge in [-0.1, -0.05) is 12.2 Å². The van der Waals surface area contributed by atoms with Crippen molar-refractivity contribution in [3.05, 3.63) is 23.3 Å². The Bertz CT molecular complexity index is 282. The van der Waals surface area contributed by atoms with Crippen LogP contribution in [0.3, 0.4) is 0 Å². The molecule has 0 aromatic carbocycles. The van der Waals surface area contributed by atoms with E-state index in [4.69, 9.17) is 0 Å². The molecule has 0 spiro atoms. The summed E-state index contributed by atoms with van der Waals surface area (Å²) in [6.07, 6.45) is 4.52. The zero-order chi connectivity index (χ0) is 10.6. The summed E-state index contributed by atoms with van der Waals surface area (Å²) in [5.74, 6) is -0.926. The van der Waals surface area contributed by atoms with E-state index in [1.165, 1.54) is 14.2 Å². The van der Waals surface area contributed by atoms with Crippen molar-refractivity contribution in [3.8, 4) is 0 Å². The van der Waals surface area contributed by atoms with Crippen LogP contribution in [-0.2, 0) is 19.1 Å². The van der Waals surface area contributed by atoms with E-state index in [9.17, 15) is 9.59 Å². The standard InChI is InChI=1S/C10H12O4/c1-13-9(11)7-5-3-4-6-8(7)10(12)14-2/h3-4H,5-6H2,1-2H3. The van der Waals surface area contributed by atoms with Crippen molar-refractivity contribution in [3.63, 3.8) is 0 Å². The Hall–Kier alpha value is -1.58. The van der Waals surface area contributed by atoms with Gasteiger partial charge in [0.1, 0.15) is 0 Å². The summed E-state index contributed by atoms with van der Waals surface area (Å²) < 4.78 is 9.15. The molecule has 0 saturated heterocycles. The molecule has 14 heavy (non-hydrogen) atoms. The average Bonchev–Trinajstić information content (AvgIpc) is 2.27. The van der Waals surface area contributed by atoms with Crippen LogP contribution in [-0.4, -0.2) is 26.2 Å². The first-order valence-electron chi connectivity index (χ1n) is 4.24. The van der Waals surface area contributed by atoms with Gasteiger partial charge in [-0.3, -0.25) is 0 Å². The molecule has 0 aromatic rings. The number of hydrogen-bond donors (Lipinski definition) is 0. The predicted molar refractivity (Wildman–Crippen MR) is 49.4 cm³/mol. The molecule has 0 N–H and O–H groups in total. The number of carbonyl (C=O) groups excluding carboxylic acids is 2. The topological polar surface area (TPSA) is 52.6 Å². The lowest BCUT2D eigenvalue weighted by atomic mass is 9.97. The van der Waals surface area contributed by atoms with Crippen molar-refractivity contribution in [2.24, 2.45) is 0 Å². The van der Waals surface area contributed by atoms with E-state index in [1.807, 2.05) is 12.2 Å². The van der Waals surface area contributed by atoms with Gasteiger partial charge in [-0.2, -0.15) is 0 Å². The van der Waals surface area contributed by atoms with Crippen LogP contribution in [0.15, 0.2) is 23.3 Å². The number of ether oxygens (including phenoxy) is 2. The fourth-order valence-electron chi connectivity index (χ4n) is 1.31. The van der Waals surface area contributed by atoms with E-state index in [-0.39, 0.29) is 0 Å². The van der Waals surface area contributed by atoms with Gasteiger partial charge in [0.25, 0.3) is 0 Å². The number of allylic oxidation sites excluding steroid dienone is 2. The largest absolute Gasteiger partial charge is 0.466 e. The fraction of sp³-hybridized carbons (Fsp3) is 0.400. The first-order chi connectivity index (χ1) is 6.70. The first-order valence-corrected chi connectivity index (χ1v) is 4.24. The van der Waals surface area contributed by atoms with Gasteiger partial charge in [0.15, 0.2) is 0 Å². The number of hydrogen-bond acceptors (Lipinski definition) is 4. The minimum atomic E-state index is -0.463. The summed E-state index contributed by atoms with van der Waals surface area (Å²) in [7, 11) is 2.59.